The van der Waals surface area contributed by atoms with Crippen LogP contribution in [0, 0.1) is 11.8 Å². The van der Waals surface area contributed by atoms with E-state index in [9.17, 15) is 4.79 Å². The van der Waals surface area contributed by atoms with E-state index in [1.807, 2.05) is 30.3 Å². The molecule has 1 fully saturated rings. The number of hydrogen-bond donors (Lipinski definition) is 0. The predicted octanol–water partition coefficient (Wildman–Crippen LogP) is 2.90. The third-order valence-electron chi connectivity index (χ3n) is 5.51. The first-order valence-electron chi connectivity index (χ1n) is 8.47. The monoisotopic (exact) mass is 338 g/mol. The molecule has 5 nitrogen and oxygen atoms in total. The van der Waals surface area contributed by atoms with Crippen LogP contribution in [0.15, 0.2) is 36.4 Å². The van der Waals surface area contributed by atoms with Gasteiger partial charge in [0.2, 0.25) is 6.79 Å². The lowest BCUT2D eigenvalue weighted by Gasteiger charge is -2.33. The van der Waals surface area contributed by atoms with Gasteiger partial charge in [0, 0.05) is 11.8 Å². The topological polar surface area (TPSA) is 54.0 Å². The Morgan fingerprint density at radius 3 is 2.56 bits per heavy atom. The molecule has 2 aliphatic heterocycles. The van der Waals surface area contributed by atoms with Crippen LogP contribution < -0.4 is 14.2 Å². The van der Waals surface area contributed by atoms with Gasteiger partial charge in [-0.15, -0.1) is 0 Å². The van der Waals surface area contributed by atoms with Crippen molar-refractivity contribution in [3.8, 4) is 17.2 Å². The second-order valence-electron chi connectivity index (χ2n) is 6.78. The first-order valence-corrected chi connectivity index (χ1v) is 8.47. The van der Waals surface area contributed by atoms with E-state index in [1.54, 1.807) is 7.11 Å². The van der Waals surface area contributed by atoms with Gasteiger partial charge in [0.1, 0.15) is 5.75 Å². The molecule has 0 saturated carbocycles. The van der Waals surface area contributed by atoms with Crippen LogP contribution in [-0.4, -0.2) is 26.5 Å². The van der Waals surface area contributed by atoms with Gasteiger partial charge >= 0.3 is 5.97 Å². The van der Waals surface area contributed by atoms with Crippen molar-refractivity contribution in [1.29, 1.82) is 0 Å². The summed E-state index contributed by atoms with van der Waals surface area (Å²) in [7, 11) is 1.65. The van der Waals surface area contributed by atoms with Gasteiger partial charge in [-0.05, 0) is 47.4 Å². The molecule has 25 heavy (non-hydrogen) atoms. The number of benzene rings is 2. The van der Waals surface area contributed by atoms with E-state index in [2.05, 4.69) is 6.07 Å². The van der Waals surface area contributed by atoms with Gasteiger partial charge in [0.25, 0.3) is 0 Å². The number of rotatable bonds is 2. The molecule has 0 N–H and O–H groups in total. The van der Waals surface area contributed by atoms with E-state index >= 15 is 0 Å². The summed E-state index contributed by atoms with van der Waals surface area (Å²) in [6.45, 7) is 0.740. The quantitative estimate of drug-likeness (QED) is 0.788. The summed E-state index contributed by atoms with van der Waals surface area (Å²) in [5.74, 6) is 2.25. The average molecular weight is 338 g/mol. The fraction of sp³-hybridized carbons (Fsp3) is 0.350. The van der Waals surface area contributed by atoms with E-state index in [-0.39, 0.29) is 30.5 Å². The van der Waals surface area contributed by atoms with Crippen LogP contribution in [-0.2, 0) is 16.0 Å². The molecule has 0 unspecified atom stereocenters. The second-order valence-corrected chi connectivity index (χ2v) is 6.78. The van der Waals surface area contributed by atoms with Crippen LogP contribution in [0.1, 0.15) is 22.6 Å². The lowest BCUT2D eigenvalue weighted by molar-refractivity contribution is -0.141. The molecule has 2 aromatic carbocycles. The molecule has 128 valence electrons. The van der Waals surface area contributed by atoms with Crippen molar-refractivity contribution in [3.63, 3.8) is 0 Å². The van der Waals surface area contributed by atoms with Crippen LogP contribution in [0.3, 0.4) is 0 Å². The third-order valence-corrected chi connectivity index (χ3v) is 5.51. The van der Waals surface area contributed by atoms with Crippen molar-refractivity contribution in [2.45, 2.75) is 12.3 Å². The summed E-state index contributed by atoms with van der Waals surface area (Å²) >= 11 is 0. The second kappa shape index (κ2) is 5.41. The Bertz CT molecular complexity index is 842. The number of ether oxygens (including phenoxy) is 4. The maximum absolute atomic E-state index is 12.5. The van der Waals surface area contributed by atoms with Crippen LogP contribution in [0.2, 0.25) is 0 Å². The van der Waals surface area contributed by atoms with E-state index in [0.29, 0.717) is 6.61 Å². The Balaban J connectivity index is 1.66. The fourth-order valence-electron chi connectivity index (χ4n) is 4.32. The minimum atomic E-state index is -0.152. The smallest absolute Gasteiger partial charge is 0.310 e. The van der Waals surface area contributed by atoms with Gasteiger partial charge in [0.05, 0.1) is 19.6 Å². The molecule has 5 rings (SSSR count). The summed E-state index contributed by atoms with van der Waals surface area (Å²) in [5, 5.41) is 0. The molecular weight excluding hydrogens is 320 g/mol. The molecule has 1 saturated heterocycles. The summed E-state index contributed by atoms with van der Waals surface area (Å²) in [6.07, 6.45) is 0.828. The van der Waals surface area contributed by atoms with E-state index in [1.165, 1.54) is 5.56 Å². The Morgan fingerprint density at radius 1 is 1.04 bits per heavy atom. The normalized spacial score (nSPS) is 26.0. The van der Waals surface area contributed by atoms with Crippen molar-refractivity contribution in [2.24, 2.45) is 11.8 Å². The number of carbonyl (C=O) groups excluding carboxylic acids is 1. The molecule has 5 heteroatoms. The highest BCUT2D eigenvalue weighted by atomic mass is 16.7. The molecule has 3 aliphatic rings. The van der Waals surface area contributed by atoms with Crippen molar-refractivity contribution < 1.29 is 23.7 Å². The highest BCUT2D eigenvalue weighted by Gasteiger charge is 2.47. The van der Waals surface area contributed by atoms with E-state index in [0.717, 1.165) is 34.8 Å². The van der Waals surface area contributed by atoms with Gasteiger partial charge in [-0.25, -0.2) is 0 Å². The first-order chi connectivity index (χ1) is 12.2. The minimum absolute atomic E-state index is 0.0378. The molecule has 1 aliphatic carbocycles. The van der Waals surface area contributed by atoms with Crippen molar-refractivity contribution in [3.05, 3.63) is 53.1 Å². The van der Waals surface area contributed by atoms with Gasteiger partial charge < -0.3 is 18.9 Å². The van der Waals surface area contributed by atoms with Crippen LogP contribution in [0.5, 0.6) is 17.2 Å². The van der Waals surface area contributed by atoms with Gasteiger partial charge in [0.15, 0.2) is 11.5 Å². The van der Waals surface area contributed by atoms with Crippen LogP contribution in [0.4, 0.5) is 0 Å². The number of hydrogen-bond acceptors (Lipinski definition) is 5. The van der Waals surface area contributed by atoms with Crippen molar-refractivity contribution in [2.75, 3.05) is 20.5 Å². The summed E-state index contributed by atoms with van der Waals surface area (Å²) in [6, 6.07) is 12.0. The highest BCUT2D eigenvalue weighted by Crippen LogP contribution is 2.50. The number of methoxy groups -OCH3 is 1. The molecule has 3 atom stereocenters. The number of fused-ring (bicyclic) bond motifs is 3. The zero-order valence-electron chi connectivity index (χ0n) is 13.9. The minimum Gasteiger partial charge on any atom is -0.497 e. The summed E-state index contributed by atoms with van der Waals surface area (Å²) in [4.78, 5) is 12.5. The SMILES string of the molecule is COc1ccc([C@H]2c3cc4c(cc3C[C@H]3COC(=O)[C@@H]32)OCO4)cc1. The molecule has 0 amide bonds. The zero-order valence-corrected chi connectivity index (χ0v) is 13.9. The lowest BCUT2D eigenvalue weighted by atomic mass is 9.67. The Labute approximate surface area is 145 Å². The van der Waals surface area contributed by atoms with Crippen molar-refractivity contribution >= 4 is 5.97 Å². The number of esters is 1. The van der Waals surface area contributed by atoms with E-state index < -0.39 is 0 Å². The fourth-order valence-corrected chi connectivity index (χ4v) is 4.32. The molecule has 2 aromatic rings. The molecule has 0 spiro atoms. The summed E-state index contributed by atoms with van der Waals surface area (Å²) in [5.41, 5.74) is 3.44. The zero-order chi connectivity index (χ0) is 17.0. The molecule has 0 bridgehead atoms. The first kappa shape index (κ1) is 14.6. The third kappa shape index (κ3) is 2.18. The Kier molecular flexibility index (Phi) is 3.17. The average Bonchev–Trinajstić information content (AvgIpc) is 3.24. The Hall–Kier alpha value is -2.69. The van der Waals surface area contributed by atoms with Crippen molar-refractivity contribution in [1.82, 2.24) is 0 Å². The molecule has 2 heterocycles. The molecule has 0 radical (unpaired) electrons. The lowest BCUT2D eigenvalue weighted by Crippen LogP contribution is -2.31. The van der Waals surface area contributed by atoms with Crippen LogP contribution in [0.25, 0.3) is 0 Å². The van der Waals surface area contributed by atoms with Crippen LogP contribution >= 0.6 is 0 Å². The van der Waals surface area contributed by atoms with Gasteiger partial charge in [-0.1, -0.05) is 12.1 Å². The highest BCUT2D eigenvalue weighted by molar-refractivity contribution is 5.78. The number of carbonyl (C=O) groups is 1. The van der Waals surface area contributed by atoms with E-state index in [4.69, 9.17) is 18.9 Å². The van der Waals surface area contributed by atoms with Gasteiger partial charge in [-0.3, -0.25) is 4.79 Å². The van der Waals surface area contributed by atoms with Gasteiger partial charge in [-0.2, -0.15) is 0 Å². The summed E-state index contributed by atoms with van der Waals surface area (Å²) < 4.78 is 21.8. The maximum atomic E-state index is 12.5. The number of cyclic esters (lactones) is 1. The Morgan fingerprint density at radius 2 is 1.80 bits per heavy atom. The predicted molar refractivity (Wildman–Crippen MR) is 89.0 cm³/mol. The largest absolute Gasteiger partial charge is 0.497 e. The maximum Gasteiger partial charge on any atom is 0.310 e. The molecule has 0 aromatic heterocycles. The standard InChI is InChI=1S/C20H18O5/c1-22-14-4-2-11(3-5-14)18-15-8-17-16(24-10-25-17)7-12(15)6-13-9-23-20(21)19(13)18/h2-5,7-8,13,18-19H,6,9-10H2,1H3/t13-,18-,19-/m0/s1. The molecular formula is C20H18O5.